The smallest absolute Gasteiger partial charge is 0.263 e. The Morgan fingerprint density at radius 3 is 2.83 bits per heavy atom. The zero-order chi connectivity index (χ0) is 9.19. The van der Waals surface area contributed by atoms with Crippen LogP contribution in [0.3, 0.4) is 0 Å². The molecule has 1 aliphatic heterocycles. The first-order chi connectivity index (χ1) is 5.49. The number of nitro groups is 1. The Labute approximate surface area is 69.8 Å². The second-order valence-electron chi connectivity index (χ2n) is 3.29. The average Bonchev–Trinajstić information content (AvgIpc) is 1.93. The second kappa shape index (κ2) is 2.94. The van der Waals surface area contributed by atoms with E-state index in [9.17, 15) is 10.1 Å². The van der Waals surface area contributed by atoms with Crippen molar-refractivity contribution in [1.29, 1.82) is 0 Å². The van der Waals surface area contributed by atoms with E-state index < -0.39 is 5.03 Å². The minimum atomic E-state index is -0.628. The largest absolute Gasteiger partial charge is 0.305 e. The van der Waals surface area contributed by atoms with Gasteiger partial charge in [-0.15, -0.1) is 0 Å². The lowest BCUT2D eigenvalue weighted by Gasteiger charge is -2.31. The molecule has 12 heavy (non-hydrogen) atoms. The summed E-state index contributed by atoms with van der Waals surface area (Å²) < 4.78 is 0.683. The second-order valence-corrected chi connectivity index (χ2v) is 3.29. The lowest BCUT2D eigenvalue weighted by atomic mass is 10.6. The molecular weight excluding hydrogens is 162 g/mol. The fourth-order valence-electron chi connectivity index (χ4n) is 0.818. The van der Waals surface area contributed by atoms with Gasteiger partial charge in [0, 0.05) is 0 Å². The number of hydrazine groups is 1. The van der Waals surface area contributed by atoms with Crippen molar-refractivity contribution >= 4 is 5.96 Å². The molecule has 0 saturated carbocycles. The highest BCUT2D eigenvalue weighted by atomic mass is 16.7. The van der Waals surface area contributed by atoms with E-state index in [1.807, 2.05) is 19.5 Å². The van der Waals surface area contributed by atoms with Crippen LogP contribution >= 0.6 is 0 Å². The van der Waals surface area contributed by atoms with Crippen molar-refractivity contribution in [1.82, 2.24) is 10.7 Å². The van der Waals surface area contributed by atoms with Gasteiger partial charge in [0.25, 0.3) is 5.96 Å². The van der Waals surface area contributed by atoms with E-state index >= 15 is 0 Å². The van der Waals surface area contributed by atoms with Gasteiger partial charge in [-0.05, 0) is 0 Å². The minimum Gasteiger partial charge on any atom is -0.305 e. The molecule has 1 heterocycles. The molecular formula is C5H12N5O2+. The lowest BCUT2D eigenvalue weighted by molar-refractivity contribution is -0.893. The summed E-state index contributed by atoms with van der Waals surface area (Å²) in [6.45, 7) is 1.18. The maximum absolute atomic E-state index is 10.00. The van der Waals surface area contributed by atoms with Crippen molar-refractivity contribution in [3.63, 3.8) is 0 Å². The maximum Gasteiger partial charge on any atom is 0.263 e. The van der Waals surface area contributed by atoms with Crippen LogP contribution in [0, 0.1) is 10.1 Å². The van der Waals surface area contributed by atoms with E-state index in [4.69, 9.17) is 0 Å². The standard InChI is InChI=1S/C5H12N5O2/c1-10(2)3-6-5(7-4-10)8-9(11)12/h3-4H2,1-2H3,(H2,6,7,8)/q+1. The molecule has 68 valence electrons. The van der Waals surface area contributed by atoms with Crippen molar-refractivity contribution < 1.29 is 9.52 Å². The van der Waals surface area contributed by atoms with E-state index in [0.29, 0.717) is 17.8 Å². The highest BCUT2D eigenvalue weighted by molar-refractivity contribution is 5.78. The highest BCUT2D eigenvalue weighted by Gasteiger charge is 2.21. The lowest BCUT2D eigenvalue weighted by Crippen LogP contribution is -2.56. The first-order valence-corrected chi connectivity index (χ1v) is 3.51. The molecule has 0 aromatic carbocycles. The van der Waals surface area contributed by atoms with E-state index in [-0.39, 0.29) is 5.96 Å². The molecule has 0 spiro atoms. The SMILES string of the molecule is C[N+]1(C)CN=C(N[N+](=O)[O-])NC1. The van der Waals surface area contributed by atoms with Gasteiger partial charge in [0.1, 0.15) is 0 Å². The molecule has 1 aliphatic rings. The molecule has 0 radical (unpaired) electrons. The predicted octanol–water partition coefficient (Wildman–Crippen LogP) is -1.28. The molecule has 0 aromatic rings. The van der Waals surface area contributed by atoms with Crippen LogP contribution in [0.25, 0.3) is 0 Å². The van der Waals surface area contributed by atoms with Crippen LogP contribution in [0.4, 0.5) is 0 Å². The summed E-state index contributed by atoms with van der Waals surface area (Å²) in [5.74, 6) is 0.234. The third-order valence-corrected chi connectivity index (χ3v) is 1.48. The average molecular weight is 174 g/mol. The summed E-state index contributed by atoms with van der Waals surface area (Å²) in [5.41, 5.74) is 1.97. The van der Waals surface area contributed by atoms with Crippen molar-refractivity contribution in [3.05, 3.63) is 10.1 Å². The van der Waals surface area contributed by atoms with Gasteiger partial charge < -0.3 is 5.32 Å². The summed E-state index contributed by atoms with van der Waals surface area (Å²) in [6, 6.07) is 0. The van der Waals surface area contributed by atoms with Crippen LogP contribution < -0.4 is 10.7 Å². The zero-order valence-electron chi connectivity index (χ0n) is 7.07. The van der Waals surface area contributed by atoms with Gasteiger partial charge in [0.05, 0.1) is 14.1 Å². The molecule has 0 saturated heterocycles. The Kier molecular flexibility index (Phi) is 2.13. The van der Waals surface area contributed by atoms with E-state index in [1.54, 1.807) is 0 Å². The molecule has 7 nitrogen and oxygen atoms in total. The molecule has 0 unspecified atom stereocenters. The van der Waals surface area contributed by atoms with Crippen LogP contribution in [0.1, 0.15) is 0 Å². The molecule has 2 N–H and O–H groups in total. The summed E-state index contributed by atoms with van der Waals surface area (Å²) in [5, 5.41) is 12.2. The Bertz CT molecular complexity index is 224. The number of guanidine groups is 1. The molecule has 0 fully saturated rings. The topological polar surface area (TPSA) is 79.6 Å². The summed E-state index contributed by atoms with van der Waals surface area (Å²) in [6.07, 6.45) is 0. The Morgan fingerprint density at radius 2 is 2.42 bits per heavy atom. The maximum atomic E-state index is 10.00. The van der Waals surface area contributed by atoms with Gasteiger partial charge >= 0.3 is 0 Å². The molecule has 0 amide bonds. The Hall–Kier alpha value is -1.37. The number of nitrogens with one attached hydrogen (secondary N) is 2. The van der Waals surface area contributed by atoms with Gasteiger partial charge in [-0.25, -0.2) is 10.1 Å². The number of rotatable bonds is 1. The first-order valence-electron chi connectivity index (χ1n) is 3.51. The predicted molar refractivity (Wildman–Crippen MR) is 42.5 cm³/mol. The Morgan fingerprint density at radius 1 is 1.75 bits per heavy atom. The van der Waals surface area contributed by atoms with Crippen LogP contribution in [0.2, 0.25) is 0 Å². The van der Waals surface area contributed by atoms with Crippen LogP contribution in [-0.2, 0) is 0 Å². The fraction of sp³-hybridized carbons (Fsp3) is 0.800. The highest BCUT2D eigenvalue weighted by Crippen LogP contribution is 1.98. The van der Waals surface area contributed by atoms with Gasteiger partial charge in [-0.2, -0.15) is 4.99 Å². The third kappa shape index (κ3) is 2.35. The zero-order valence-corrected chi connectivity index (χ0v) is 7.07. The van der Waals surface area contributed by atoms with Crippen molar-refractivity contribution in [2.45, 2.75) is 0 Å². The van der Waals surface area contributed by atoms with Crippen LogP contribution in [0.15, 0.2) is 4.99 Å². The number of quaternary nitrogens is 1. The number of aliphatic imine (C=N–C) groups is 1. The minimum absolute atomic E-state index is 0.234. The molecule has 0 aromatic heterocycles. The molecule has 0 aliphatic carbocycles. The summed E-state index contributed by atoms with van der Waals surface area (Å²) >= 11 is 0. The number of hydrogen-bond acceptors (Lipinski definition) is 4. The molecule has 0 bridgehead atoms. The van der Waals surface area contributed by atoms with E-state index in [2.05, 4.69) is 10.3 Å². The third-order valence-electron chi connectivity index (χ3n) is 1.48. The normalized spacial score (nSPS) is 20.7. The summed E-state index contributed by atoms with van der Waals surface area (Å²) in [7, 11) is 3.97. The van der Waals surface area contributed by atoms with Crippen LogP contribution in [0.5, 0.6) is 0 Å². The van der Waals surface area contributed by atoms with Gasteiger partial charge in [-0.3, -0.25) is 4.48 Å². The summed E-state index contributed by atoms with van der Waals surface area (Å²) in [4.78, 5) is 13.9. The van der Waals surface area contributed by atoms with Crippen molar-refractivity contribution in [3.8, 4) is 0 Å². The first kappa shape index (κ1) is 8.72. The molecule has 7 heteroatoms. The Balaban J connectivity index is 2.50. The van der Waals surface area contributed by atoms with Crippen molar-refractivity contribution in [2.75, 3.05) is 27.4 Å². The monoisotopic (exact) mass is 174 g/mol. The van der Waals surface area contributed by atoms with Crippen LogP contribution in [-0.4, -0.2) is 42.9 Å². The number of nitrogens with zero attached hydrogens (tertiary/aromatic N) is 3. The van der Waals surface area contributed by atoms with Gasteiger partial charge in [0.15, 0.2) is 18.4 Å². The number of hydrogen-bond donors (Lipinski definition) is 2. The van der Waals surface area contributed by atoms with Crippen molar-refractivity contribution in [2.24, 2.45) is 4.99 Å². The van der Waals surface area contributed by atoms with E-state index in [0.717, 1.165) is 0 Å². The molecule has 0 atom stereocenters. The fourth-order valence-corrected chi connectivity index (χ4v) is 0.818. The van der Waals surface area contributed by atoms with Gasteiger partial charge in [-0.1, -0.05) is 5.43 Å². The van der Waals surface area contributed by atoms with E-state index in [1.165, 1.54) is 0 Å². The van der Waals surface area contributed by atoms with Gasteiger partial charge in [0.2, 0.25) is 0 Å². The molecule has 1 rings (SSSR count). The quantitative estimate of drug-likeness (QED) is 0.295.